The second kappa shape index (κ2) is 8.63. The first-order chi connectivity index (χ1) is 14.1. The van der Waals surface area contributed by atoms with E-state index in [0.29, 0.717) is 28.1 Å². The lowest BCUT2D eigenvalue weighted by molar-refractivity contribution is -0.118. The molecule has 0 unspecified atom stereocenters. The van der Waals surface area contributed by atoms with Crippen molar-refractivity contribution in [1.29, 1.82) is 0 Å². The summed E-state index contributed by atoms with van der Waals surface area (Å²) < 4.78 is 18.7. The predicted molar refractivity (Wildman–Crippen MR) is 114 cm³/mol. The number of carbonyl (C=O) groups is 1. The molecular formula is C21H15ClFN3O2S. The quantitative estimate of drug-likeness (QED) is 0.465. The summed E-state index contributed by atoms with van der Waals surface area (Å²) in [5.74, 6) is 0.700. The maximum Gasteiger partial charge on any atom is 0.239 e. The molecule has 3 aromatic rings. The Kier molecular flexibility index (Phi) is 5.78. The van der Waals surface area contributed by atoms with Crippen LogP contribution in [-0.2, 0) is 11.2 Å². The highest BCUT2D eigenvalue weighted by Crippen LogP contribution is 2.28. The maximum atomic E-state index is 13.0. The van der Waals surface area contributed by atoms with Crippen molar-refractivity contribution in [3.8, 4) is 11.3 Å². The van der Waals surface area contributed by atoms with Gasteiger partial charge in [-0.3, -0.25) is 4.79 Å². The van der Waals surface area contributed by atoms with Crippen molar-refractivity contribution >= 4 is 40.7 Å². The standard InChI is InChI=1S/C21H15ClFN3O2S/c22-17-4-2-1-3-16(17)18-10-9-15(28-18)12-24-26-21-25-20(27)19(29-21)11-13-5-7-14(23)8-6-13/h1-10,12,19H,11H2,(H,25,26,27)/b24-12-/t19-/m1/s1. The molecule has 1 atom stereocenters. The maximum absolute atomic E-state index is 13.0. The Bertz CT molecular complexity index is 1100. The van der Waals surface area contributed by atoms with E-state index >= 15 is 0 Å². The Balaban J connectivity index is 1.39. The Morgan fingerprint density at radius 1 is 1.14 bits per heavy atom. The molecule has 1 aromatic heterocycles. The number of nitrogens with one attached hydrogen (secondary N) is 1. The van der Waals surface area contributed by atoms with Gasteiger partial charge in [0.05, 0.1) is 16.5 Å². The van der Waals surface area contributed by atoms with Crippen LogP contribution in [0.1, 0.15) is 11.3 Å². The summed E-state index contributed by atoms with van der Waals surface area (Å²) in [6.07, 6.45) is 1.95. The second-order valence-corrected chi connectivity index (χ2v) is 7.86. The smallest absolute Gasteiger partial charge is 0.239 e. The van der Waals surface area contributed by atoms with Gasteiger partial charge in [-0.1, -0.05) is 47.6 Å². The van der Waals surface area contributed by atoms with Crippen molar-refractivity contribution < 1.29 is 13.6 Å². The Hall–Kier alpha value is -2.90. The SMILES string of the molecule is O=C1N/C(=N/N=C\c2ccc(-c3ccccc3Cl)o2)S[C@@H]1Cc1ccc(F)cc1. The zero-order chi connectivity index (χ0) is 20.2. The van der Waals surface area contributed by atoms with Crippen molar-refractivity contribution in [1.82, 2.24) is 5.32 Å². The third kappa shape index (κ3) is 4.75. The molecule has 146 valence electrons. The molecule has 0 saturated carbocycles. The van der Waals surface area contributed by atoms with Crippen LogP contribution in [0.4, 0.5) is 4.39 Å². The number of amides is 1. The average molecular weight is 428 g/mol. The molecule has 4 rings (SSSR count). The van der Waals surface area contributed by atoms with Crippen LogP contribution in [0.2, 0.25) is 5.02 Å². The fraction of sp³-hybridized carbons (Fsp3) is 0.0952. The summed E-state index contributed by atoms with van der Waals surface area (Å²) in [4.78, 5) is 12.1. The van der Waals surface area contributed by atoms with E-state index in [1.165, 1.54) is 30.1 Å². The van der Waals surface area contributed by atoms with Crippen LogP contribution in [0, 0.1) is 5.82 Å². The summed E-state index contributed by atoms with van der Waals surface area (Å²) in [5, 5.41) is 11.4. The number of hydrogen-bond donors (Lipinski definition) is 1. The molecule has 1 amide bonds. The first kappa shape index (κ1) is 19.4. The van der Waals surface area contributed by atoms with Crippen molar-refractivity contribution in [2.75, 3.05) is 0 Å². The number of amidine groups is 1. The topological polar surface area (TPSA) is 67.0 Å². The van der Waals surface area contributed by atoms with E-state index in [9.17, 15) is 9.18 Å². The van der Waals surface area contributed by atoms with Crippen LogP contribution >= 0.6 is 23.4 Å². The highest BCUT2D eigenvalue weighted by atomic mass is 35.5. The zero-order valence-electron chi connectivity index (χ0n) is 15.0. The minimum absolute atomic E-state index is 0.146. The summed E-state index contributed by atoms with van der Waals surface area (Å²) in [6.45, 7) is 0. The van der Waals surface area contributed by atoms with Gasteiger partial charge in [-0.15, -0.1) is 5.10 Å². The summed E-state index contributed by atoms with van der Waals surface area (Å²) in [5.41, 5.74) is 1.67. The van der Waals surface area contributed by atoms with Gasteiger partial charge < -0.3 is 9.73 Å². The van der Waals surface area contributed by atoms with Gasteiger partial charge in [0.15, 0.2) is 5.17 Å². The zero-order valence-corrected chi connectivity index (χ0v) is 16.6. The van der Waals surface area contributed by atoms with E-state index in [1.807, 2.05) is 18.2 Å². The number of rotatable bonds is 5. The molecule has 0 aliphatic carbocycles. The number of benzene rings is 2. The largest absolute Gasteiger partial charge is 0.455 e. The fourth-order valence-corrected chi connectivity index (χ4v) is 3.98. The average Bonchev–Trinajstić information content (AvgIpc) is 3.31. The summed E-state index contributed by atoms with van der Waals surface area (Å²) in [7, 11) is 0. The van der Waals surface area contributed by atoms with Gasteiger partial charge in [0.2, 0.25) is 5.91 Å². The summed E-state index contributed by atoms with van der Waals surface area (Å²) >= 11 is 7.47. The van der Waals surface area contributed by atoms with Crippen LogP contribution in [0.15, 0.2) is 75.3 Å². The normalized spacial score (nSPS) is 17.9. The third-order valence-corrected chi connectivity index (χ3v) is 5.61. The molecule has 8 heteroatoms. The number of thioether (sulfide) groups is 1. The molecule has 1 aliphatic rings. The molecule has 2 heterocycles. The number of carbonyl (C=O) groups excluding carboxylic acids is 1. The minimum atomic E-state index is -0.329. The highest BCUT2D eigenvalue weighted by molar-refractivity contribution is 8.15. The van der Waals surface area contributed by atoms with Crippen LogP contribution in [0.25, 0.3) is 11.3 Å². The van der Waals surface area contributed by atoms with E-state index in [-0.39, 0.29) is 17.0 Å². The molecule has 29 heavy (non-hydrogen) atoms. The highest BCUT2D eigenvalue weighted by Gasteiger charge is 2.30. The van der Waals surface area contributed by atoms with Crippen molar-refractivity contribution in [2.24, 2.45) is 10.2 Å². The van der Waals surface area contributed by atoms with Gasteiger partial charge in [0.1, 0.15) is 17.3 Å². The van der Waals surface area contributed by atoms with Crippen LogP contribution in [0.5, 0.6) is 0 Å². The van der Waals surface area contributed by atoms with Gasteiger partial charge in [-0.2, -0.15) is 5.10 Å². The molecule has 2 aromatic carbocycles. The lowest BCUT2D eigenvalue weighted by Crippen LogP contribution is -2.25. The molecule has 0 spiro atoms. The number of nitrogens with zero attached hydrogens (tertiary/aromatic N) is 2. The van der Waals surface area contributed by atoms with Gasteiger partial charge in [-0.25, -0.2) is 4.39 Å². The van der Waals surface area contributed by atoms with E-state index in [2.05, 4.69) is 15.5 Å². The third-order valence-electron chi connectivity index (χ3n) is 4.21. The number of hydrogen-bond acceptors (Lipinski definition) is 5. The first-order valence-corrected chi connectivity index (χ1v) is 10.0. The van der Waals surface area contributed by atoms with E-state index in [4.69, 9.17) is 16.0 Å². The Morgan fingerprint density at radius 3 is 2.72 bits per heavy atom. The molecule has 0 radical (unpaired) electrons. The molecule has 5 nitrogen and oxygen atoms in total. The van der Waals surface area contributed by atoms with Crippen molar-refractivity contribution in [2.45, 2.75) is 11.7 Å². The molecule has 0 bridgehead atoms. The Labute approximate surface area is 175 Å². The second-order valence-electron chi connectivity index (χ2n) is 6.26. The van der Waals surface area contributed by atoms with Crippen molar-refractivity contribution in [3.63, 3.8) is 0 Å². The molecule has 1 aliphatic heterocycles. The van der Waals surface area contributed by atoms with Gasteiger partial charge in [0.25, 0.3) is 0 Å². The minimum Gasteiger partial charge on any atom is -0.455 e. The molecule has 1 saturated heterocycles. The van der Waals surface area contributed by atoms with Gasteiger partial charge in [-0.05, 0) is 48.4 Å². The molecule has 1 fully saturated rings. The summed E-state index contributed by atoms with van der Waals surface area (Å²) in [6, 6.07) is 17.1. The Morgan fingerprint density at radius 2 is 1.93 bits per heavy atom. The van der Waals surface area contributed by atoms with Gasteiger partial charge in [0, 0.05) is 5.56 Å². The van der Waals surface area contributed by atoms with Crippen LogP contribution in [-0.4, -0.2) is 22.5 Å². The van der Waals surface area contributed by atoms with Gasteiger partial charge >= 0.3 is 0 Å². The fourth-order valence-electron chi connectivity index (χ4n) is 2.79. The van der Waals surface area contributed by atoms with E-state index in [0.717, 1.165) is 11.1 Å². The lowest BCUT2D eigenvalue weighted by Gasteiger charge is -2.04. The number of halogens is 2. The van der Waals surface area contributed by atoms with Crippen LogP contribution < -0.4 is 5.32 Å². The van der Waals surface area contributed by atoms with E-state index < -0.39 is 0 Å². The monoisotopic (exact) mass is 427 g/mol. The number of furan rings is 1. The molecular weight excluding hydrogens is 413 g/mol. The predicted octanol–water partition coefficient (Wildman–Crippen LogP) is 4.90. The van der Waals surface area contributed by atoms with Crippen molar-refractivity contribution in [3.05, 3.63) is 82.8 Å². The van der Waals surface area contributed by atoms with E-state index in [1.54, 1.807) is 30.3 Å². The van der Waals surface area contributed by atoms with Crippen LogP contribution in [0.3, 0.4) is 0 Å². The first-order valence-electron chi connectivity index (χ1n) is 8.76. The lowest BCUT2D eigenvalue weighted by atomic mass is 10.1. The molecule has 1 N–H and O–H groups in total.